The fraction of sp³-hybridized carbons (Fsp3) is 0.389. The van der Waals surface area contributed by atoms with Gasteiger partial charge in [0.1, 0.15) is 11.4 Å². The number of H-pyrrole nitrogens is 1. The summed E-state index contributed by atoms with van der Waals surface area (Å²) in [5.41, 5.74) is 1.53. The zero-order valence-electron chi connectivity index (χ0n) is 14.0. The molecule has 6 heteroatoms. The summed E-state index contributed by atoms with van der Waals surface area (Å²) in [4.78, 5) is 33.7. The van der Waals surface area contributed by atoms with Gasteiger partial charge in [-0.3, -0.25) is 9.59 Å². The van der Waals surface area contributed by atoms with Crippen molar-refractivity contribution in [3.8, 4) is 0 Å². The Morgan fingerprint density at radius 2 is 2.12 bits per heavy atom. The first kappa shape index (κ1) is 16.2. The summed E-state index contributed by atoms with van der Waals surface area (Å²) in [5.74, 6) is 0.613. The molecule has 2 aromatic rings. The number of anilines is 1. The van der Waals surface area contributed by atoms with Gasteiger partial charge in [0.05, 0.1) is 0 Å². The molecule has 1 saturated heterocycles. The molecule has 0 unspecified atom stereocenters. The van der Waals surface area contributed by atoms with Crippen molar-refractivity contribution in [2.75, 3.05) is 18.0 Å². The van der Waals surface area contributed by atoms with Crippen LogP contribution in [0.3, 0.4) is 0 Å². The van der Waals surface area contributed by atoms with Gasteiger partial charge in [0.25, 0.3) is 11.5 Å². The average Bonchev–Trinajstić information content (AvgIpc) is 2.55. The van der Waals surface area contributed by atoms with Crippen LogP contribution in [0.25, 0.3) is 0 Å². The van der Waals surface area contributed by atoms with Crippen molar-refractivity contribution in [2.24, 2.45) is 0 Å². The number of nitrogens with one attached hydrogen (secondary N) is 2. The Hall–Kier alpha value is -2.63. The maximum atomic E-state index is 12.4. The summed E-state index contributed by atoms with van der Waals surface area (Å²) in [6.07, 6.45) is 1.88. The quantitative estimate of drug-likeness (QED) is 0.901. The molecule has 0 aliphatic carbocycles. The van der Waals surface area contributed by atoms with Crippen LogP contribution in [0.5, 0.6) is 0 Å². The monoisotopic (exact) mass is 326 g/mol. The second kappa shape index (κ2) is 6.86. The molecule has 0 radical (unpaired) electrons. The van der Waals surface area contributed by atoms with Crippen molar-refractivity contribution < 1.29 is 4.79 Å². The van der Waals surface area contributed by atoms with Crippen molar-refractivity contribution in [1.29, 1.82) is 0 Å². The fourth-order valence-corrected chi connectivity index (χ4v) is 3.02. The number of aromatic nitrogens is 2. The maximum absolute atomic E-state index is 12.4. The zero-order valence-corrected chi connectivity index (χ0v) is 14.0. The molecular weight excluding hydrogens is 304 g/mol. The van der Waals surface area contributed by atoms with Crippen molar-refractivity contribution >= 4 is 11.7 Å². The fourth-order valence-electron chi connectivity index (χ4n) is 3.02. The predicted molar refractivity (Wildman–Crippen MR) is 93.5 cm³/mol. The number of aromatic amines is 1. The number of rotatable bonds is 3. The summed E-state index contributed by atoms with van der Waals surface area (Å²) in [6, 6.07) is 9.27. The SMILES string of the molecule is Cc1cccc(N2CCC[C@H](NC(=O)c3ccc(C)[nH]c3=O)C2)n1. The van der Waals surface area contributed by atoms with Gasteiger partial charge in [-0.2, -0.15) is 0 Å². The van der Waals surface area contributed by atoms with Crippen LogP contribution in [0, 0.1) is 13.8 Å². The summed E-state index contributed by atoms with van der Waals surface area (Å²) in [6.45, 7) is 5.38. The zero-order chi connectivity index (χ0) is 17.1. The Morgan fingerprint density at radius 3 is 2.88 bits per heavy atom. The number of nitrogens with zero attached hydrogens (tertiary/aromatic N) is 2. The van der Waals surface area contributed by atoms with Gasteiger partial charge >= 0.3 is 0 Å². The lowest BCUT2D eigenvalue weighted by Gasteiger charge is -2.34. The summed E-state index contributed by atoms with van der Waals surface area (Å²) < 4.78 is 0. The molecule has 6 nitrogen and oxygen atoms in total. The smallest absolute Gasteiger partial charge is 0.260 e. The van der Waals surface area contributed by atoms with Gasteiger partial charge < -0.3 is 15.2 Å². The summed E-state index contributed by atoms with van der Waals surface area (Å²) in [5, 5.41) is 2.98. The molecule has 3 rings (SSSR count). The van der Waals surface area contributed by atoms with Gasteiger partial charge in [-0.1, -0.05) is 6.07 Å². The highest BCUT2D eigenvalue weighted by atomic mass is 16.2. The summed E-state index contributed by atoms with van der Waals surface area (Å²) in [7, 11) is 0. The number of amides is 1. The molecule has 2 aromatic heterocycles. The largest absolute Gasteiger partial charge is 0.355 e. The molecule has 1 fully saturated rings. The van der Waals surface area contributed by atoms with Crippen molar-refractivity contribution in [2.45, 2.75) is 32.7 Å². The van der Waals surface area contributed by atoms with E-state index >= 15 is 0 Å². The minimum absolute atomic E-state index is 0.00858. The van der Waals surface area contributed by atoms with E-state index in [4.69, 9.17) is 0 Å². The predicted octanol–water partition coefficient (Wildman–Crippen LogP) is 1.79. The minimum atomic E-state index is -0.347. The molecule has 24 heavy (non-hydrogen) atoms. The molecule has 1 atom stereocenters. The van der Waals surface area contributed by atoms with Crippen LogP contribution in [-0.2, 0) is 0 Å². The molecule has 3 heterocycles. The van der Waals surface area contributed by atoms with E-state index in [0.29, 0.717) is 6.54 Å². The van der Waals surface area contributed by atoms with E-state index in [1.54, 1.807) is 19.1 Å². The third-order valence-electron chi connectivity index (χ3n) is 4.25. The number of aryl methyl sites for hydroxylation is 2. The van der Waals surface area contributed by atoms with Gasteiger partial charge in [-0.05, 0) is 51.0 Å². The first-order chi connectivity index (χ1) is 11.5. The highest BCUT2D eigenvalue weighted by Crippen LogP contribution is 2.18. The molecule has 0 bridgehead atoms. The maximum Gasteiger partial charge on any atom is 0.260 e. The first-order valence-electron chi connectivity index (χ1n) is 8.22. The molecule has 0 spiro atoms. The third-order valence-corrected chi connectivity index (χ3v) is 4.25. The molecule has 0 saturated carbocycles. The molecule has 1 amide bonds. The van der Waals surface area contributed by atoms with E-state index in [0.717, 1.165) is 36.6 Å². The topological polar surface area (TPSA) is 78.1 Å². The number of piperidine rings is 1. The van der Waals surface area contributed by atoms with Crippen LogP contribution in [0.15, 0.2) is 35.1 Å². The number of hydrogen-bond donors (Lipinski definition) is 2. The number of pyridine rings is 2. The molecule has 2 N–H and O–H groups in total. The lowest BCUT2D eigenvalue weighted by molar-refractivity contribution is 0.0931. The highest BCUT2D eigenvalue weighted by Gasteiger charge is 2.23. The van der Waals surface area contributed by atoms with E-state index in [9.17, 15) is 9.59 Å². The average molecular weight is 326 g/mol. The Morgan fingerprint density at radius 1 is 1.29 bits per heavy atom. The highest BCUT2D eigenvalue weighted by molar-refractivity contribution is 5.94. The van der Waals surface area contributed by atoms with E-state index in [-0.39, 0.29) is 23.1 Å². The van der Waals surface area contributed by atoms with E-state index in [2.05, 4.69) is 20.2 Å². The number of carbonyl (C=O) groups excluding carboxylic acids is 1. The Kier molecular flexibility index (Phi) is 4.64. The summed E-state index contributed by atoms with van der Waals surface area (Å²) >= 11 is 0. The van der Waals surface area contributed by atoms with Gasteiger partial charge in [-0.15, -0.1) is 0 Å². The van der Waals surface area contributed by atoms with Crippen molar-refractivity contribution in [3.63, 3.8) is 0 Å². The van der Waals surface area contributed by atoms with Crippen LogP contribution in [0.2, 0.25) is 0 Å². The molecule has 1 aliphatic heterocycles. The van der Waals surface area contributed by atoms with E-state index in [1.165, 1.54) is 0 Å². The molecule has 126 valence electrons. The van der Waals surface area contributed by atoms with Gasteiger partial charge in [-0.25, -0.2) is 4.98 Å². The lowest BCUT2D eigenvalue weighted by atomic mass is 10.0. The van der Waals surface area contributed by atoms with Crippen LogP contribution in [0.1, 0.15) is 34.6 Å². The van der Waals surface area contributed by atoms with E-state index in [1.807, 2.05) is 25.1 Å². The first-order valence-corrected chi connectivity index (χ1v) is 8.22. The van der Waals surface area contributed by atoms with Crippen LogP contribution in [0.4, 0.5) is 5.82 Å². The molecule has 1 aliphatic rings. The van der Waals surface area contributed by atoms with Gasteiger partial charge in [0.2, 0.25) is 0 Å². The molecular formula is C18H22N4O2. The van der Waals surface area contributed by atoms with Crippen molar-refractivity contribution in [3.05, 3.63) is 57.6 Å². The van der Waals surface area contributed by atoms with Gasteiger partial charge in [0.15, 0.2) is 0 Å². The van der Waals surface area contributed by atoms with Gasteiger partial charge in [0, 0.05) is 30.5 Å². The second-order valence-corrected chi connectivity index (χ2v) is 6.28. The number of carbonyl (C=O) groups is 1. The van der Waals surface area contributed by atoms with E-state index < -0.39 is 0 Å². The van der Waals surface area contributed by atoms with Crippen LogP contribution >= 0.6 is 0 Å². The molecule has 0 aromatic carbocycles. The standard InChI is InChI=1S/C18H22N4O2/c1-12-5-3-7-16(19-12)22-10-4-6-14(11-22)21-18(24)15-9-8-13(2)20-17(15)23/h3,5,7-9,14H,4,6,10-11H2,1-2H3,(H,20,23)(H,21,24)/t14-/m0/s1. The minimum Gasteiger partial charge on any atom is -0.355 e. The van der Waals surface area contributed by atoms with Crippen LogP contribution < -0.4 is 15.8 Å². The third kappa shape index (κ3) is 3.64. The normalized spacial score (nSPS) is 17.6. The Bertz CT molecular complexity index is 800. The van der Waals surface area contributed by atoms with Crippen LogP contribution in [-0.4, -0.2) is 35.0 Å². The number of hydrogen-bond acceptors (Lipinski definition) is 4. The van der Waals surface area contributed by atoms with Crippen molar-refractivity contribution in [1.82, 2.24) is 15.3 Å². The Balaban J connectivity index is 1.69. The second-order valence-electron chi connectivity index (χ2n) is 6.28. The Labute approximate surface area is 140 Å². The lowest BCUT2D eigenvalue weighted by Crippen LogP contribution is -2.48.